The van der Waals surface area contributed by atoms with Crippen LogP contribution >= 0.6 is 11.6 Å². The van der Waals surface area contributed by atoms with Crippen molar-refractivity contribution >= 4 is 23.2 Å². The molecule has 0 radical (unpaired) electrons. The van der Waals surface area contributed by atoms with E-state index in [0.29, 0.717) is 0 Å². The fourth-order valence-electron chi connectivity index (χ4n) is 2.37. The van der Waals surface area contributed by atoms with Gasteiger partial charge in [-0.25, -0.2) is 0 Å². The monoisotopic (exact) mass is 386 g/mol. The van der Waals surface area contributed by atoms with Crippen molar-refractivity contribution < 1.29 is 22.9 Å². The van der Waals surface area contributed by atoms with Crippen LogP contribution in [0.5, 0.6) is 0 Å². The molecule has 0 aromatic heterocycles. The molecule has 0 aliphatic carbocycles. The Kier molecular flexibility index (Phi) is 6.20. The normalized spacial score (nSPS) is 12.5. The highest BCUT2D eigenvalue weighted by Gasteiger charge is 2.41. The smallest absolute Gasteiger partial charge is 0.352 e. The van der Waals surface area contributed by atoms with Gasteiger partial charge in [-0.1, -0.05) is 41.9 Å². The second-order valence-corrected chi connectivity index (χ2v) is 5.93. The van der Waals surface area contributed by atoms with Crippen LogP contribution in [0.15, 0.2) is 48.5 Å². The third kappa shape index (κ3) is 5.19. The van der Waals surface area contributed by atoms with Gasteiger partial charge in [0.1, 0.15) is 0 Å². The van der Waals surface area contributed by atoms with Crippen molar-refractivity contribution in [2.75, 3.05) is 0 Å². The van der Waals surface area contributed by atoms with Crippen LogP contribution in [0, 0.1) is 10.1 Å². The van der Waals surface area contributed by atoms with E-state index in [4.69, 9.17) is 11.6 Å². The molecule has 0 bridgehead atoms. The fourth-order valence-corrected chi connectivity index (χ4v) is 2.55. The van der Waals surface area contributed by atoms with Crippen LogP contribution in [-0.4, -0.2) is 17.0 Å². The predicted octanol–water partition coefficient (Wildman–Crippen LogP) is 4.60. The molecular weight excluding hydrogens is 373 g/mol. The lowest BCUT2D eigenvalue weighted by molar-refractivity contribution is -0.384. The average Bonchev–Trinajstić information content (AvgIpc) is 2.58. The standard InChI is InChI=1S/C17H14ClF3N2O3/c18-15-7-6-13(23(25)26)8-12(15)10-22-16(24)9-14(17(19,20)21)11-4-2-1-3-5-11/h1-8,14H,9-10H2,(H,22,24)/t14-/m0/s1. The van der Waals surface area contributed by atoms with Gasteiger partial charge in [-0.3, -0.25) is 14.9 Å². The fraction of sp³-hybridized carbons (Fsp3) is 0.235. The first-order valence-corrected chi connectivity index (χ1v) is 7.87. The Bertz CT molecular complexity index is 798. The lowest BCUT2D eigenvalue weighted by Gasteiger charge is -2.20. The number of rotatable bonds is 6. The van der Waals surface area contributed by atoms with Gasteiger partial charge in [-0.05, 0) is 17.2 Å². The number of nitro benzene ring substituents is 1. The molecule has 2 rings (SSSR count). The molecule has 2 aromatic rings. The molecule has 138 valence electrons. The maximum atomic E-state index is 13.3. The van der Waals surface area contributed by atoms with Gasteiger partial charge in [0, 0.05) is 30.1 Å². The highest BCUT2D eigenvalue weighted by Crippen LogP contribution is 2.37. The number of non-ortho nitro benzene ring substituents is 1. The van der Waals surface area contributed by atoms with Gasteiger partial charge >= 0.3 is 6.18 Å². The molecule has 2 aromatic carbocycles. The molecule has 26 heavy (non-hydrogen) atoms. The molecule has 0 fully saturated rings. The van der Waals surface area contributed by atoms with Gasteiger partial charge in [-0.15, -0.1) is 0 Å². The maximum absolute atomic E-state index is 13.3. The summed E-state index contributed by atoms with van der Waals surface area (Å²) in [6.07, 6.45) is -5.37. The van der Waals surface area contributed by atoms with Gasteiger partial charge in [0.25, 0.3) is 5.69 Å². The van der Waals surface area contributed by atoms with Gasteiger partial charge in [-0.2, -0.15) is 13.2 Å². The van der Waals surface area contributed by atoms with Crippen LogP contribution in [0.1, 0.15) is 23.5 Å². The van der Waals surface area contributed by atoms with E-state index in [-0.39, 0.29) is 28.4 Å². The summed E-state index contributed by atoms with van der Waals surface area (Å²) in [5, 5.41) is 13.3. The molecule has 0 heterocycles. The summed E-state index contributed by atoms with van der Waals surface area (Å²) in [5.74, 6) is -2.77. The first-order chi connectivity index (χ1) is 12.2. The molecule has 9 heteroatoms. The topological polar surface area (TPSA) is 72.2 Å². The van der Waals surface area contributed by atoms with E-state index >= 15 is 0 Å². The second-order valence-electron chi connectivity index (χ2n) is 5.52. The number of carbonyl (C=O) groups is 1. The zero-order valence-electron chi connectivity index (χ0n) is 13.3. The van der Waals surface area contributed by atoms with Crippen molar-refractivity contribution in [3.8, 4) is 0 Å². The van der Waals surface area contributed by atoms with E-state index in [0.717, 1.165) is 0 Å². The van der Waals surface area contributed by atoms with Crippen LogP contribution < -0.4 is 5.32 Å². The molecule has 1 amide bonds. The Labute approximate surface area is 151 Å². The second kappa shape index (κ2) is 8.18. The van der Waals surface area contributed by atoms with Gasteiger partial charge in [0.15, 0.2) is 0 Å². The zero-order chi connectivity index (χ0) is 19.3. The lowest BCUT2D eigenvalue weighted by atomic mass is 9.95. The van der Waals surface area contributed by atoms with Crippen molar-refractivity contribution in [3.05, 3.63) is 74.8 Å². The van der Waals surface area contributed by atoms with Crippen molar-refractivity contribution in [3.63, 3.8) is 0 Å². The third-order valence-electron chi connectivity index (χ3n) is 3.70. The van der Waals surface area contributed by atoms with E-state index in [9.17, 15) is 28.1 Å². The Morgan fingerprint density at radius 1 is 1.19 bits per heavy atom. The number of amides is 1. The first kappa shape index (κ1) is 19.7. The van der Waals surface area contributed by atoms with E-state index in [1.165, 1.54) is 42.5 Å². The number of carbonyl (C=O) groups excluding carboxylic acids is 1. The highest BCUT2D eigenvalue weighted by atomic mass is 35.5. The van der Waals surface area contributed by atoms with Gasteiger partial charge in [0.2, 0.25) is 5.91 Å². The molecule has 0 spiro atoms. The largest absolute Gasteiger partial charge is 0.396 e. The molecule has 1 N–H and O–H groups in total. The number of hydrogen-bond donors (Lipinski definition) is 1. The van der Waals surface area contributed by atoms with Gasteiger partial charge < -0.3 is 5.32 Å². The van der Waals surface area contributed by atoms with Crippen LogP contribution in [0.4, 0.5) is 18.9 Å². The SMILES string of the molecule is O=C(C[C@@H](c1ccccc1)C(F)(F)F)NCc1cc([N+](=O)[O-])ccc1Cl. The number of alkyl halides is 3. The van der Waals surface area contributed by atoms with Crippen molar-refractivity contribution in [1.29, 1.82) is 0 Å². The minimum Gasteiger partial charge on any atom is -0.352 e. The molecule has 0 aliphatic heterocycles. The van der Waals surface area contributed by atoms with Crippen molar-refractivity contribution in [2.24, 2.45) is 0 Å². The number of nitrogens with zero attached hydrogens (tertiary/aromatic N) is 1. The van der Waals surface area contributed by atoms with Crippen LogP contribution in [0.2, 0.25) is 5.02 Å². The summed E-state index contributed by atoms with van der Waals surface area (Å²) in [5.41, 5.74) is 0.0112. The number of benzene rings is 2. The Morgan fingerprint density at radius 3 is 2.42 bits per heavy atom. The van der Waals surface area contributed by atoms with E-state index in [1.807, 2.05) is 0 Å². The molecule has 5 nitrogen and oxygen atoms in total. The lowest BCUT2D eigenvalue weighted by Crippen LogP contribution is -2.30. The van der Waals surface area contributed by atoms with Crippen molar-refractivity contribution in [2.45, 2.75) is 25.1 Å². The quantitative estimate of drug-likeness (QED) is 0.582. The molecule has 0 unspecified atom stereocenters. The average molecular weight is 387 g/mol. The van der Waals surface area contributed by atoms with Crippen LogP contribution in [-0.2, 0) is 11.3 Å². The summed E-state index contributed by atoms with van der Waals surface area (Å²) >= 11 is 5.90. The molecule has 0 saturated heterocycles. The molecule has 0 saturated carbocycles. The maximum Gasteiger partial charge on any atom is 0.396 e. The molecule has 0 aliphatic rings. The highest BCUT2D eigenvalue weighted by molar-refractivity contribution is 6.31. The van der Waals surface area contributed by atoms with E-state index in [1.54, 1.807) is 6.07 Å². The summed E-state index contributed by atoms with van der Waals surface area (Å²) in [7, 11) is 0. The number of hydrogen-bond acceptors (Lipinski definition) is 3. The Hall–Kier alpha value is -2.61. The van der Waals surface area contributed by atoms with E-state index < -0.39 is 29.3 Å². The first-order valence-electron chi connectivity index (χ1n) is 7.49. The predicted molar refractivity (Wildman–Crippen MR) is 89.8 cm³/mol. The van der Waals surface area contributed by atoms with Crippen LogP contribution in [0.25, 0.3) is 0 Å². The molecule has 1 atom stereocenters. The van der Waals surface area contributed by atoms with Gasteiger partial charge in [0.05, 0.1) is 10.8 Å². The Balaban J connectivity index is 2.08. The summed E-state index contributed by atoms with van der Waals surface area (Å²) < 4.78 is 39.8. The Morgan fingerprint density at radius 2 is 1.85 bits per heavy atom. The number of nitrogens with one attached hydrogen (secondary N) is 1. The summed E-state index contributed by atoms with van der Waals surface area (Å²) in [4.78, 5) is 22.1. The zero-order valence-corrected chi connectivity index (χ0v) is 14.1. The number of halogens is 4. The van der Waals surface area contributed by atoms with Crippen molar-refractivity contribution in [1.82, 2.24) is 5.32 Å². The molecular formula is C17H14ClF3N2O3. The number of nitro groups is 1. The third-order valence-corrected chi connectivity index (χ3v) is 4.07. The minimum atomic E-state index is -4.58. The summed E-state index contributed by atoms with van der Waals surface area (Å²) in [6, 6.07) is 10.8. The van der Waals surface area contributed by atoms with Crippen LogP contribution in [0.3, 0.4) is 0 Å². The minimum absolute atomic E-state index is 0.0106. The van der Waals surface area contributed by atoms with E-state index in [2.05, 4.69) is 5.32 Å². The summed E-state index contributed by atoms with van der Waals surface area (Å²) in [6.45, 7) is -0.210.